The molecular formula is C33H34N2O6. The topological polar surface area (TPSA) is 99.6 Å². The maximum absolute atomic E-state index is 12.7. The fourth-order valence-electron chi connectivity index (χ4n) is 5.35. The molecule has 4 aromatic rings. The Kier molecular flexibility index (Phi) is 8.61. The fourth-order valence-corrected chi connectivity index (χ4v) is 5.35. The smallest absolute Gasteiger partial charge is 0.330 e. The van der Waals surface area contributed by atoms with Gasteiger partial charge in [-0.3, -0.25) is 19.1 Å². The van der Waals surface area contributed by atoms with Gasteiger partial charge < -0.3 is 14.2 Å². The lowest BCUT2D eigenvalue weighted by atomic mass is 9.80. The van der Waals surface area contributed by atoms with E-state index in [1.807, 2.05) is 97.9 Å². The number of esters is 1. The van der Waals surface area contributed by atoms with Crippen molar-refractivity contribution in [2.75, 3.05) is 6.61 Å². The van der Waals surface area contributed by atoms with Gasteiger partial charge in [0, 0.05) is 24.6 Å². The highest BCUT2D eigenvalue weighted by Gasteiger charge is 2.43. The summed E-state index contributed by atoms with van der Waals surface area (Å²) in [5.74, 6) is -0.336. The molecule has 5 rings (SSSR count). The lowest BCUT2D eigenvalue weighted by molar-refractivity contribution is -0.156. The van der Waals surface area contributed by atoms with Crippen LogP contribution in [0, 0.1) is 6.92 Å². The van der Waals surface area contributed by atoms with Gasteiger partial charge in [-0.25, -0.2) is 4.79 Å². The summed E-state index contributed by atoms with van der Waals surface area (Å²) in [4.78, 5) is 39.6. The predicted octanol–water partition coefficient (Wildman–Crippen LogP) is 4.85. The van der Waals surface area contributed by atoms with Crippen LogP contribution in [0.4, 0.5) is 0 Å². The highest BCUT2D eigenvalue weighted by Crippen LogP contribution is 2.41. The van der Waals surface area contributed by atoms with E-state index in [-0.39, 0.29) is 25.4 Å². The predicted molar refractivity (Wildman–Crippen MR) is 155 cm³/mol. The van der Waals surface area contributed by atoms with E-state index in [4.69, 9.17) is 14.2 Å². The first kappa shape index (κ1) is 28.3. The summed E-state index contributed by atoms with van der Waals surface area (Å²) in [6, 6.07) is 29.9. The average molecular weight is 555 g/mol. The molecule has 0 aliphatic carbocycles. The molecule has 0 saturated carbocycles. The third-order valence-electron chi connectivity index (χ3n) is 7.38. The van der Waals surface area contributed by atoms with Crippen LogP contribution in [0.5, 0.6) is 0 Å². The molecule has 0 radical (unpaired) electrons. The number of aromatic amines is 1. The van der Waals surface area contributed by atoms with Crippen LogP contribution in [0.3, 0.4) is 0 Å². The van der Waals surface area contributed by atoms with Crippen LogP contribution in [-0.4, -0.2) is 34.3 Å². The van der Waals surface area contributed by atoms with Crippen LogP contribution < -0.4 is 11.2 Å². The quantitative estimate of drug-likeness (QED) is 0.222. The second-order valence-electron chi connectivity index (χ2n) is 10.2. The molecule has 3 aromatic carbocycles. The molecule has 0 spiro atoms. The minimum atomic E-state index is -0.991. The first-order chi connectivity index (χ1) is 19.9. The van der Waals surface area contributed by atoms with Gasteiger partial charge in [0.1, 0.15) is 24.0 Å². The molecule has 1 aromatic heterocycles. The molecule has 1 N–H and O–H groups in total. The number of hydrogen-bond donors (Lipinski definition) is 1. The van der Waals surface area contributed by atoms with Gasteiger partial charge in [0.15, 0.2) is 0 Å². The Balaban J connectivity index is 1.54. The zero-order valence-electron chi connectivity index (χ0n) is 23.2. The Morgan fingerprint density at radius 2 is 1.46 bits per heavy atom. The molecule has 1 saturated heterocycles. The number of rotatable bonds is 10. The van der Waals surface area contributed by atoms with Gasteiger partial charge in [-0.2, -0.15) is 0 Å². The van der Waals surface area contributed by atoms with Gasteiger partial charge in [-0.1, -0.05) is 97.9 Å². The van der Waals surface area contributed by atoms with E-state index < -0.39 is 35.3 Å². The number of aryl methyl sites for hydroxylation is 1. The highest BCUT2D eigenvalue weighted by molar-refractivity contribution is 5.69. The minimum Gasteiger partial charge on any atom is -0.459 e. The van der Waals surface area contributed by atoms with E-state index in [9.17, 15) is 14.4 Å². The van der Waals surface area contributed by atoms with E-state index in [0.717, 1.165) is 16.7 Å². The summed E-state index contributed by atoms with van der Waals surface area (Å²) >= 11 is 0. The van der Waals surface area contributed by atoms with Crippen LogP contribution in [-0.2, 0) is 24.6 Å². The number of nitrogens with one attached hydrogen (secondary N) is 1. The second kappa shape index (κ2) is 12.5. The van der Waals surface area contributed by atoms with Gasteiger partial charge in [-0.15, -0.1) is 0 Å². The van der Waals surface area contributed by atoms with Crippen LogP contribution in [0.25, 0.3) is 0 Å². The van der Waals surface area contributed by atoms with E-state index in [1.165, 1.54) is 10.8 Å². The van der Waals surface area contributed by atoms with Crippen molar-refractivity contribution in [3.8, 4) is 0 Å². The standard InChI is InChI=1S/C33H34N2O6/c1-3-13-30(36)41-27-20-29(35-21-23(2)31(37)34-32(35)38)40-28(27)22-39-33(24-14-7-4-8-15-24,25-16-9-5-10-17-25)26-18-11-6-12-19-26/h4-12,14-19,21,27-29H,3,13,20,22H2,1-2H3,(H,34,37,38)/t27-,28+,29+/m0/s1. The van der Waals surface area contributed by atoms with Crippen LogP contribution in [0.15, 0.2) is 107 Å². The van der Waals surface area contributed by atoms with Crippen molar-refractivity contribution in [1.29, 1.82) is 0 Å². The van der Waals surface area contributed by atoms with Crippen molar-refractivity contribution in [2.45, 2.75) is 57.1 Å². The molecule has 0 amide bonds. The molecule has 1 fully saturated rings. The number of carbonyl (C=O) groups excluding carboxylic acids is 1. The normalized spacial score (nSPS) is 18.7. The van der Waals surface area contributed by atoms with Crippen LogP contribution in [0.1, 0.15) is 54.7 Å². The van der Waals surface area contributed by atoms with Crippen molar-refractivity contribution < 1.29 is 19.0 Å². The van der Waals surface area contributed by atoms with Crippen LogP contribution >= 0.6 is 0 Å². The Bertz CT molecular complexity index is 1470. The SMILES string of the molecule is CCCC(=O)O[C@H]1C[C@H](n2cc(C)c(=O)[nH]c2=O)O[C@@H]1COC(c1ccccc1)(c1ccccc1)c1ccccc1. The Morgan fingerprint density at radius 3 is 1.98 bits per heavy atom. The van der Waals surface area contributed by atoms with Crippen molar-refractivity contribution in [3.05, 3.63) is 140 Å². The Hall–Kier alpha value is -4.27. The van der Waals surface area contributed by atoms with Crippen molar-refractivity contribution in [2.24, 2.45) is 0 Å². The Morgan fingerprint density at radius 1 is 0.927 bits per heavy atom. The monoisotopic (exact) mass is 554 g/mol. The number of ether oxygens (including phenoxy) is 3. The molecule has 0 unspecified atom stereocenters. The van der Waals surface area contributed by atoms with Gasteiger partial charge in [-0.05, 0) is 30.0 Å². The summed E-state index contributed by atoms with van der Waals surface area (Å²) in [5.41, 5.74) is 1.14. The summed E-state index contributed by atoms with van der Waals surface area (Å²) < 4.78 is 20.5. The van der Waals surface area contributed by atoms with Gasteiger partial charge in [0.2, 0.25) is 0 Å². The number of hydrogen-bond acceptors (Lipinski definition) is 6. The van der Waals surface area contributed by atoms with Crippen LogP contribution in [0.2, 0.25) is 0 Å². The fraction of sp³-hybridized carbons (Fsp3) is 0.303. The molecule has 212 valence electrons. The lowest BCUT2D eigenvalue weighted by Gasteiger charge is -2.37. The molecular weight excluding hydrogens is 520 g/mol. The van der Waals surface area contributed by atoms with Gasteiger partial charge >= 0.3 is 11.7 Å². The minimum absolute atomic E-state index is 0.0658. The zero-order valence-corrected chi connectivity index (χ0v) is 23.2. The molecule has 3 atom stereocenters. The van der Waals surface area contributed by atoms with E-state index in [0.29, 0.717) is 12.0 Å². The maximum Gasteiger partial charge on any atom is 0.330 e. The van der Waals surface area contributed by atoms with E-state index in [2.05, 4.69) is 4.98 Å². The zero-order chi connectivity index (χ0) is 28.8. The van der Waals surface area contributed by atoms with Crippen molar-refractivity contribution in [3.63, 3.8) is 0 Å². The summed E-state index contributed by atoms with van der Waals surface area (Å²) in [5, 5.41) is 0. The molecule has 1 aliphatic heterocycles. The number of carbonyl (C=O) groups is 1. The second-order valence-corrected chi connectivity index (χ2v) is 10.2. The lowest BCUT2D eigenvalue weighted by Crippen LogP contribution is -2.39. The summed E-state index contributed by atoms with van der Waals surface area (Å²) in [7, 11) is 0. The first-order valence-electron chi connectivity index (χ1n) is 13.9. The molecule has 0 bridgehead atoms. The van der Waals surface area contributed by atoms with E-state index in [1.54, 1.807) is 6.92 Å². The van der Waals surface area contributed by atoms with E-state index >= 15 is 0 Å². The summed E-state index contributed by atoms with van der Waals surface area (Å²) in [6.07, 6.45) is 0.564. The molecule has 2 heterocycles. The first-order valence-corrected chi connectivity index (χ1v) is 13.9. The summed E-state index contributed by atoms with van der Waals surface area (Å²) in [6.45, 7) is 3.60. The maximum atomic E-state index is 12.7. The third-order valence-corrected chi connectivity index (χ3v) is 7.38. The third kappa shape index (κ3) is 5.94. The number of aromatic nitrogens is 2. The molecule has 8 nitrogen and oxygen atoms in total. The van der Waals surface area contributed by atoms with Gasteiger partial charge in [0.05, 0.1) is 6.61 Å². The number of nitrogens with zero attached hydrogens (tertiary/aromatic N) is 1. The van der Waals surface area contributed by atoms with Gasteiger partial charge in [0.25, 0.3) is 5.56 Å². The average Bonchev–Trinajstić information content (AvgIpc) is 3.39. The van der Waals surface area contributed by atoms with Crippen molar-refractivity contribution >= 4 is 5.97 Å². The largest absolute Gasteiger partial charge is 0.459 e. The molecule has 8 heteroatoms. The number of benzene rings is 3. The number of H-pyrrole nitrogens is 1. The highest BCUT2D eigenvalue weighted by atomic mass is 16.6. The van der Waals surface area contributed by atoms with Crippen molar-refractivity contribution in [1.82, 2.24) is 9.55 Å². The Labute approximate surface area is 238 Å². The molecule has 41 heavy (non-hydrogen) atoms. The molecule has 1 aliphatic rings.